The lowest BCUT2D eigenvalue weighted by atomic mass is 10.1. The Bertz CT molecular complexity index is 572. The molecule has 0 radical (unpaired) electrons. The van der Waals surface area contributed by atoms with Gasteiger partial charge in [-0.1, -0.05) is 29.8 Å². The lowest BCUT2D eigenvalue weighted by molar-refractivity contribution is 0.920. The molecule has 0 fully saturated rings. The molecule has 1 aliphatic rings. The molecule has 3 rings (SSSR count). The maximum Gasteiger partial charge on any atom is 0.0426 e. The normalized spacial score (nSPS) is 12.9. The minimum absolute atomic E-state index is 0.955. The Hall–Kier alpha value is -1.96. The molecule has 0 aromatic heterocycles. The molecule has 0 saturated carbocycles. The lowest BCUT2D eigenvalue weighted by Crippen LogP contribution is -2.16. The van der Waals surface area contributed by atoms with Crippen LogP contribution in [0.4, 0.5) is 11.4 Å². The summed E-state index contributed by atoms with van der Waals surface area (Å²) in [5.41, 5.74) is 6.71. The third kappa shape index (κ3) is 2.58. The van der Waals surface area contributed by atoms with Crippen molar-refractivity contribution in [1.82, 2.24) is 0 Å². The summed E-state index contributed by atoms with van der Waals surface area (Å²) >= 11 is 0. The molecule has 0 unspecified atom stereocenters. The third-order valence-corrected chi connectivity index (χ3v) is 3.77. The average Bonchev–Trinajstić information content (AvgIpc) is 2.87. The molecule has 0 bridgehead atoms. The number of hydrogen-bond donors (Lipinski definition) is 1. The highest BCUT2D eigenvalue weighted by Crippen LogP contribution is 2.24. The molecule has 0 spiro atoms. The van der Waals surface area contributed by atoms with E-state index in [-0.39, 0.29) is 0 Å². The number of rotatable bonds is 3. The van der Waals surface area contributed by atoms with Gasteiger partial charge in [0.05, 0.1) is 0 Å². The van der Waals surface area contributed by atoms with Crippen molar-refractivity contribution in [3.05, 3.63) is 59.2 Å². The van der Waals surface area contributed by atoms with Crippen molar-refractivity contribution in [2.75, 3.05) is 23.8 Å². The molecule has 19 heavy (non-hydrogen) atoms. The molecule has 1 heterocycles. The Morgan fingerprint density at radius 1 is 1.11 bits per heavy atom. The van der Waals surface area contributed by atoms with Crippen molar-refractivity contribution in [1.29, 1.82) is 0 Å². The van der Waals surface area contributed by atoms with Crippen LogP contribution in [0.25, 0.3) is 0 Å². The summed E-state index contributed by atoms with van der Waals surface area (Å²) in [7, 11) is 2.15. The molecular weight excluding hydrogens is 232 g/mol. The standard InChI is InChI=1S/C17H20N2/c1-13-3-6-16(7-4-13)19(2)12-14-5-8-17-15(11-14)9-10-18-17/h3-8,11,18H,9-10,12H2,1-2H3. The number of hydrogen-bond acceptors (Lipinski definition) is 2. The lowest BCUT2D eigenvalue weighted by Gasteiger charge is -2.20. The van der Waals surface area contributed by atoms with Gasteiger partial charge in [0.15, 0.2) is 0 Å². The maximum absolute atomic E-state index is 3.40. The van der Waals surface area contributed by atoms with E-state index in [0.29, 0.717) is 0 Å². The molecule has 0 amide bonds. The zero-order valence-electron chi connectivity index (χ0n) is 11.6. The van der Waals surface area contributed by atoms with Gasteiger partial charge in [-0.15, -0.1) is 0 Å². The minimum Gasteiger partial charge on any atom is -0.384 e. The highest BCUT2D eigenvalue weighted by molar-refractivity contribution is 5.57. The first-order valence-corrected chi connectivity index (χ1v) is 6.86. The van der Waals surface area contributed by atoms with Gasteiger partial charge in [-0.25, -0.2) is 0 Å². The van der Waals surface area contributed by atoms with Gasteiger partial charge in [0.2, 0.25) is 0 Å². The quantitative estimate of drug-likeness (QED) is 0.898. The predicted molar refractivity (Wildman–Crippen MR) is 81.9 cm³/mol. The summed E-state index contributed by atoms with van der Waals surface area (Å²) < 4.78 is 0. The summed E-state index contributed by atoms with van der Waals surface area (Å²) in [4.78, 5) is 2.30. The first-order chi connectivity index (χ1) is 9.22. The van der Waals surface area contributed by atoms with Crippen molar-refractivity contribution < 1.29 is 0 Å². The number of anilines is 2. The smallest absolute Gasteiger partial charge is 0.0426 e. The Morgan fingerprint density at radius 3 is 2.68 bits per heavy atom. The zero-order chi connectivity index (χ0) is 13.2. The van der Waals surface area contributed by atoms with E-state index in [1.807, 2.05) is 0 Å². The van der Waals surface area contributed by atoms with Crippen LogP contribution in [0, 0.1) is 6.92 Å². The molecule has 1 N–H and O–H groups in total. The SMILES string of the molecule is Cc1ccc(N(C)Cc2ccc3c(c2)CCN3)cc1. The third-order valence-electron chi connectivity index (χ3n) is 3.77. The molecule has 98 valence electrons. The number of nitrogens with one attached hydrogen (secondary N) is 1. The van der Waals surface area contributed by atoms with E-state index in [1.165, 1.54) is 28.1 Å². The van der Waals surface area contributed by atoms with Crippen LogP contribution < -0.4 is 10.2 Å². The van der Waals surface area contributed by atoms with E-state index < -0.39 is 0 Å². The van der Waals surface area contributed by atoms with Gasteiger partial charge >= 0.3 is 0 Å². The fourth-order valence-electron chi connectivity index (χ4n) is 2.62. The number of fused-ring (bicyclic) bond motifs is 1. The largest absolute Gasteiger partial charge is 0.384 e. The topological polar surface area (TPSA) is 15.3 Å². The minimum atomic E-state index is 0.955. The molecule has 2 aromatic carbocycles. The van der Waals surface area contributed by atoms with Crippen LogP contribution >= 0.6 is 0 Å². The first-order valence-electron chi connectivity index (χ1n) is 6.86. The van der Waals surface area contributed by atoms with Gasteiger partial charge < -0.3 is 10.2 Å². The second kappa shape index (κ2) is 4.96. The van der Waals surface area contributed by atoms with Crippen molar-refractivity contribution >= 4 is 11.4 Å². The number of nitrogens with zero attached hydrogens (tertiary/aromatic N) is 1. The van der Waals surface area contributed by atoms with Crippen molar-refractivity contribution in [3.8, 4) is 0 Å². The van der Waals surface area contributed by atoms with Gasteiger partial charge in [0.1, 0.15) is 0 Å². The summed E-state index contributed by atoms with van der Waals surface area (Å²) in [6, 6.07) is 15.5. The molecule has 0 atom stereocenters. The van der Waals surface area contributed by atoms with E-state index in [1.54, 1.807) is 0 Å². The van der Waals surface area contributed by atoms with Crippen LogP contribution in [0.15, 0.2) is 42.5 Å². The highest BCUT2D eigenvalue weighted by atomic mass is 15.1. The summed E-state index contributed by atoms with van der Waals surface area (Å²) in [5, 5.41) is 3.40. The number of aryl methyl sites for hydroxylation is 1. The maximum atomic E-state index is 3.40. The van der Waals surface area contributed by atoms with Gasteiger partial charge in [0, 0.05) is 31.5 Å². The average molecular weight is 252 g/mol. The van der Waals surface area contributed by atoms with Crippen LogP contribution in [0.5, 0.6) is 0 Å². The van der Waals surface area contributed by atoms with Gasteiger partial charge in [0.25, 0.3) is 0 Å². The zero-order valence-corrected chi connectivity index (χ0v) is 11.6. The molecule has 2 aromatic rings. The first kappa shape index (κ1) is 12.1. The molecular formula is C17H20N2. The van der Waals surface area contributed by atoms with Gasteiger partial charge in [-0.3, -0.25) is 0 Å². The van der Waals surface area contributed by atoms with E-state index >= 15 is 0 Å². The predicted octanol–water partition coefficient (Wildman–Crippen LogP) is 3.60. The van der Waals surface area contributed by atoms with E-state index in [0.717, 1.165) is 19.5 Å². The Labute approximate surface area is 115 Å². The van der Waals surface area contributed by atoms with Crippen LogP contribution in [0.3, 0.4) is 0 Å². The number of benzene rings is 2. The van der Waals surface area contributed by atoms with Gasteiger partial charge in [-0.05, 0) is 42.7 Å². The molecule has 0 aliphatic carbocycles. The van der Waals surface area contributed by atoms with Crippen molar-refractivity contribution in [2.24, 2.45) is 0 Å². The van der Waals surface area contributed by atoms with E-state index in [4.69, 9.17) is 0 Å². The monoisotopic (exact) mass is 252 g/mol. The Morgan fingerprint density at radius 2 is 1.89 bits per heavy atom. The highest BCUT2D eigenvalue weighted by Gasteiger charge is 2.10. The summed E-state index contributed by atoms with van der Waals surface area (Å²) in [6.07, 6.45) is 1.15. The van der Waals surface area contributed by atoms with Crippen molar-refractivity contribution in [2.45, 2.75) is 19.9 Å². The molecule has 2 heteroatoms. The van der Waals surface area contributed by atoms with E-state index in [9.17, 15) is 0 Å². The molecule has 0 saturated heterocycles. The second-order valence-electron chi connectivity index (χ2n) is 5.36. The van der Waals surface area contributed by atoms with Crippen molar-refractivity contribution in [3.63, 3.8) is 0 Å². The summed E-state index contributed by atoms with van der Waals surface area (Å²) in [5.74, 6) is 0. The Balaban J connectivity index is 1.75. The van der Waals surface area contributed by atoms with Crippen LogP contribution in [-0.2, 0) is 13.0 Å². The molecule has 1 aliphatic heterocycles. The summed E-state index contributed by atoms with van der Waals surface area (Å²) in [6.45, 7) is 4.15. The van der Waals surface area contributed by atoms with Crippen LogP contribution in [-0.4, -0.2) is 13.6 Å². The van der Waals surface area contributed by atoms with Gasteiger partial charge in [-0.2, -0.15) is 0 Å². The van der Waals surface area contributed by atoms with E-state index in [2.05, 4.69) is 66.7 Å². The Kier molecular flexibility index (Phi) is 3.16. The second-order valence-corrected chi connectivity index (χ2v) is 5.36. The fourth-order valence-corrected chi connectivity index (χ4v) is 2.62. The fraction of sp³-hybridized carbons (Fsp3) is 0.294. The van der Waals surface area contributed by atoms with Crippen LogP contribution in [0.1, 0.15) is 16.7 Å². The van der Waals surface area contributed by atoms with Crippen LogP contribution in [0.2, 0.25) is 0 Å². The molecule has 2 nitrogen and oxygen atoms in total.